The normalized spacial score (nSPS) is 20.4. The predicted molar refractivity (Wildman–Crippen MR) is 76.1 cm³/mol. The van der Waals surface area contributed by atoms with Gasteiger partial charge in [-0.3, -0.25) is 0 Å². The molecule has 5 heteroatoms. The standard InChI is InChI=1S/C14H19NO3S/c1-2-11(13(16)12-9-19-12)15-14(17)18-8-10-6-4-3-5-7-10/h3-7,11-13,16H,2,8-9H2,1H3,(H,15,17). The number of ether oxygens (including phenoxy) is 1. The highest BCUT2D eigenvalue weighted by molar-refractivity contribution is 8.06. The summed E-state index contributed by atoms with van der Waals surface area (Å²) in [6.45, 7) is 2.19. The molecule has 1 amide bonds. The highest BCUT2D eigenvalue weighted by atomic mass is 32.2. The predicted octanol–water partition coefficient (Wildman–Crippen LogP) is 2.17. The Bertz CT molecular complexity index is 408. The second kappa shape index (κ2) is 6.82. The van der Waals surface area contributed by atoms with Crippen molar-refractivity contribution in [2.24, 2.45) is 0 Å². The number of carbonyl (C=O) groups is 1. The molecular weight excluding hydrogens is 262 g/mol. The van der Waals surface area contributed by atoms with E-state index in [4.69, 9.17) is 4.74 Å². The third-order valence-corrected chi connectivity index (χ3v) is 4.11. The number of rotatable bonds is 6. The van der Waals surface area contributed by atoms with Gasteiger partial charge in [0.05, 0.1) is 12.1 Å². The zero-order valence-electron chi connectivity index (χ0n) is 10.9. The van der Waals surface area contributed by atoms with Crippen LogP contribution < -0.4 is 5.32 Å². The first-order valence-corrected chi connectivity index (χ1v) is 7.52. The number of carbonyl (C=O) groups excluding carboxylic acids is 1. The monoisotopic (exact) mass is 281 g/mol. The number of aliphatic hydroxyl groups excluding tert-OH is 1. The first-order chi connectivity index (χ1) is 9.20. The van der Waals surface area contributed by atoms with Crippen LogP contribution in [0.5, 0.6) is 0 Å². The van der Waals surface area contributed by atoms with Crippen molar-refractivity contribution in [3.63, 3.8) is 0 Å². The van der Waals surface area contributed by atoms with Crippen LogP contribution in [0.25, 0.3) is 0 Å². The maximum absolute atomic E-state index is 11.7. The van der Waals surface area contributed by atoms with Gasteiger partial charge >= 0.3 is 6.09 Å². The number of aliphatic hydroxyl groups is 1. The zero-order chi connectivity index (χ0) is 13.7. The number of hydrogen-bond donors (Lipinski definition) is 2. The Labute approximate surface area is 117 Å². The number of nitrogens with one attached hydrogen (secondary N) is 1. The summed E-state index contributed by atoms with van der Waals surface area (Å²) in [5, 5.41) is 13.0. The van der Waals surface area contributed by atoms with Crippen molar-refractivity contribution in [2.75, 3.05) is 5.75 Å². The summed E-state index contributed by atoms with van der Waals surface area (Å²) in [6, 6.07) is 9.29. The van der Waals surface area contributed by atoms with E-state index in [1.54, 1.807) is 11.8 Å². The van der Waals surface area contributed by atoms with E-state index >= 15 is 0 Å². The molecule has 1 aliphatic heterocycles. The van der Waals surface area contributed by atoms with Gasteiger partial charge in [-0.1, -0.05) is 37.3 Å². The van der Waals surface area contributed by atoms with Gasteiger partial charge in [-0.15, -0.1) is 0 Å². The van der Waals surface area contributed by atoms with Crippen molar-refractivity contribution < 1.29 is 14.6 Å². The highest BCUT2D eigenvalue weighted by Crippen LogP contribution is 2.34. The summed E-state index contributed by atoms with van der Waals surface area (Å²) in [5.74, 6) is 0.971. The van der Waals surface area contributed by atoms with E-state index in [1.165, 1.54) is 0 Å². The zero-order valence-corrected chi connectivity index (χ0v) is 11.7. The van der Waals surface area contributed by atoms with Gasteiger partial charge in [0.25, 0.3) is 0 Å². The van der Waals surface area contributed by atoms with Crippen LogP contribution in [0.1, 0.15) is 18.9 Å². The summed E-state index contributed by atoms with van der Waals surface area (Å²) in [6.07, 6.45) is -0.266. The van der Waals surface area contributed by atoms with Gasteiger partial charge in [0.1, 0.15) is 6.61 Å². The molecule has 19 heavy (non-hydrogen) atoms. The highest BCUT2D eigenvalue weighted by Gasteiger charge is 2.36. The van der Waals surface area contributed by atoms with Crippen molar-refractivity contribution >= 4 is 17.9 Å². The molecular formula is C14H19NO3S. The quantitative estimate of drug-likeness (QED) is 0.785. The minimum Gasteiger partial charge on any atom is -0.445 e. The molecule has 2 rings (SSSR count). The molecule has 0 spiro atoms. The molecule has 1 fully saturated rings. The maximum atomic E-state index is 11.7. The summed E-state index contributed by atoms with van der Waals surface area (Å²) in [5.41, 5.74) is 0.948. The second-order valence-corrected chi connectivity index (χ2v) is 5.86. The van der Waals surface area contributed by atoms with Gasteiger partial charge in [0, 0.05) is 11.0 Å². The van der Waals surface area contributed by atoms with Gasteiger partial charge in [-0.2, -0.15) is 11.8 Å². The molecule has 0 aliphatic carbocycles. The molecule has 0 radical (unpaired) electrons. The number of thioether (sulfide) groups is 1. The lowest BCUT2D eigenvalue weighted by Gasteiger charge is -2.21. The Morgan fingerprint density at radius 2 is 2.21 bits per heavy atom. The molecule has 1 heterocycles. The maximum Gasteiger partial charge on any atom is 0.407 e. The van der Waals surface area contributed by atoms with E-state index in [1.807, 2.05) is 37.3 Å². The molecule has 3 unspecified atom stereocenters. The fourth-order valence-electron chi connectivity index (χ4n) is 1.86. The molecule has 1 aromatic rings. The molecule has 1 aliphatic rings. The van der Waals surface area contributed by atoms with Crippen LogP contribution in [0.3, 0.4) is 0 Å². The van der Waals surface area contributed by atoms with Crippen LogP contribution in [-0.4, -0.2) is 34.3 Å². The average molecular weight is 281 g/mol. The van der Waals surface area contributed by atoms with E-state index in [9.17, 15) is 9.90 Å². The minimum absolute atomic E-state index is 0.233. The van der Waals surface area contributed by atoms with Crippen LogP contribution in [0, 0.1) is 0 Å². The van der Waals surface area contributed by atoms with E-state index in [-0.39, 0.29) is 17.9 Å². The summed E-state index contributed by atoms with van der Waals surface area (Å²) in [7, 11) is 0. The average Bonchev–Trinajstić information content (AvgIpc) is 3.27. The lowest BCUT2D eigenvalue weighted by molar-refractivity contribution is 0.104. The van der Waals surface area contributed by atoms with Gasteiger partial charge in [-0.05, 0) is 12.0 Å². The van der Waals surface area contributed by atoms with E-state index in [2.05, 4.69) is 5.32 Å². The molecule has 1 aromatic carbocycles. The first-order valence-electron chi connectivity index (χ1n) is 6.47. The van der Waals surface area contributed by atoms with Gasteiger partial charge in [0.15, 0.2) is 0 Å². The fraction of sp³-hybridized carbons (Fsp3) is 0.500. The molecule has 0 saturated carbocycles. The van der Waals surface area contributed by atoms with Crippen LogP contribution in [-0.2, 0) is 11.3 Å². The number of hydrogen-bond acceptors (Lipinski definition) is 4. The molecule has 0 bridgehead atoms. The van der Waals surface area contributed by atoms with Crippen molar-refractivity contribution in [1.29, 1.82) is 0 Å². The lowest BCUT2D eigenvalue weighted by atomic mass is 10.1. The molecule has 104 valence electrons. The van der Waals surface area contributed by atoms with Crippen molar-refractivity contribution in [3.8, 4) is 0 Å². The summed E-state index contributed by atoms with van der Waals surface area (Å²) >= 11 is 1.72. The second-order valence-electron chi connectivity index (χ2n) is 4.58. The Morgan fingerprint density at radius 3 is 2.79 bits per heavy atom. The summed E-state index contributed by atoms with van der Waals surface area (Å²) < 4.78 is 5.14. The molecule has 2 N–H and O–H groups in total. The number of alkyl carbamates (subject to hydrolysis) is 1. The van der Waals surface area contributed by atoms with E-state index < -0.39 is 12.2 Å². The third kappa shape index (κ3) is 4.44. The van der Waals surface area contributed by atoms with Crippen LogP contribution >= 0.6 is 11.8 Å². The summed E-state index contributed by atoms with van der Waals surface area (Å²) in [4.78, 5) is 11.7. The van der Waals surface area contributed by atoms with Crippen LogP contribution in [0.2, 0.25) is 0 Å². The largest absolute Gasteiger partial charge is 0.445 e. The Hall–Kier alpha value is -1.20. The molecule has 0 aromatic heterocycles. The van der Waals surface area contributed by atoms with E-state index in [0.717, 1.165) is 11.3 Å². The smallest absolute Gasteiger partial charge is 0.407 e. The molecule has 1 saturated heterocycles. The lowest BCUT2D eigenvalue weighted by Crippen LogP contribution is -2.45. The van der Waals surface area contributed by atoms with Gasteiger partial charge < -0.3 is 15.2 Å². The van der Waals surface area contributed by atoms with Crippen LogP contribution in [0.15, 0.2) is 30.3 Å². The van der Waals surface area contributed by atoms with Gasteiger partial charge in [0.2, 0.25) is 0 Å². The Kier molecular flexibility index (Phi) is 5.10. The molecule has 4 nitrogen and oxygen atoms in total. The Balaban J connectivity index is 1.76. The fourth-order valence-corrected chi connectivity index (χ4v) is 2.55. The van der Waals surface area contributed by atoms with Crippen molar-refractivity contribution in [2.45, 2.75) is 37.3 Å². The van der Waals surface area contributed by atoms with E-state index in [0.29, 0.717) is 6.42 Å². The molecule has 3 atom stereocenters. The topological polar surface area (TPSA) is 58.6 Å². The SMILES string of the molecule is CCC(NC(=O)OCc1ccccc1)C(O)C1CS1. The Morgan fingerprint density at radius 1 is 1.53 bits per heavy atom. The van der Waals surface area contributed by atoms with Gasteiger partial charge in [-0.25, -0.2) is 4.79 Å². The first kappa shape index (κ1) is 14.2. The number of amides is 1. The van der Waals surface area contributed by atoms with Crippen LogP contribution in [0.4, 0.5) is 4.79 Å². The minimum atomic E-state index is -0.487. The van der Waals surface area contributed by atoms with Crippen molar-refractivity contribution in [3.05, 3.63) is 35.9 Å². The third-order valence-electron chi connectivity index (χ3n) is 3.11. The number of benzene rings is 1. The van der Waals surface area contributed by atoms with Crippen molar-refractivity contribution in [1.82, 2.24) is 5.32 Å².